The molecule has 0 aliphatic heterocycles. The lowest BCUT2D eigenvalue weighted by Gasteiger charge is -2.13. The van der Waals surface area contributed by atoms with E-state index in [1.807, 2.05) is 49.4 Å². The maximum atomic E-state index is 12.5. The third kappa shape index (κ3) is 6.09. The standard InChI is InChI=1S/C23H21BrN2O4/c1-16-13-18(24)11-12-20(16)30-15-22(27)25-26-23(28)19-9-5-6-10-21(19)29-14-17-7-3-2-4-8-17/h2-13H,14-15H2,1H3,(H,25,27)(H,26,28). The van der Waals surface area contributed by atoms with Crippen molar-refractivity contribution >= 4 is 27.7 Å². The van der Waals surface area contributed by atoms with Gasteiger partial charge < -0.3 is 9.47 Å². The van der Waals surface area contributed by atoms with Gasteiger partial charge in [0.1, 0.15) is 18.1 Å². The minimum atomic E-state index is -0.480. The maximum absolute atomic E-state index is 12.5. The topological polar surface area (TPSA) is 76.7 Å². The van der Waals surface area contributed by atoms with Crippen molar-refractivity contribution < 1.29 is 19.1 Å². The number of hydrogen-bond acceptors (Lipinski definition) is 4. The quantitative estimate of drug-likeness (QED) is 0.510. The van der Waals surface area contributed by atoms with E-state index in [-0.39, 0.29) is 6.61 Å². The Morgan fingerprint density at radius 3 is 2.37 bits per heavy atom. The molecule has 0 atom stereocenters. The van der Waals surface area contributed by atoms with Crippen LogP contribution in [0, 0.1) is 6.92 Å². The third-order valence-corrected chi connectivity index (χ3v) is 4.67. The fraction of sp³-hybridized carbons (Fsp3) is 0.130. The van der Waals surface area contributed by atoms with E-state index in [9.17, 15) is 9.59 Å². The molecule has 7 heteroatoms. The van der Waals surface area contributed by atoms with Crippen LogP contribution in [0.5, 0.6) is 11.5 Å². The van der Waals surface area contributed by atoms with E-state index in [2.05, 4.69) is 26.8 Å². The Morgan fingerprint density at radius 1 is 0.867 bits per heavy atom. The Balaban J connectivity index is 1.52. The number of para-hydroxylation sites is 1. The molecule has 0 aliphatic carbocycles. The summed E-state index contributed by atoms with van der Waals surface area (Å²) in [6.45, 7) is 1.99. The first-order valence-electron chi connectivity index (χ1n) is 9.27. The molecule has 0 bridgehead atoms. The Hall–Kier alpha value is -3.32. The SMILES string of the molecule is Cc1cc(Br)ccc1OCC(=O)NNC(=O)c1ccccc1OCc1ccccc1. The average molecular weight is 469 g/mol. The highest BCUT2D eigenvalue weighted by atomic mass is 79.9. The third-order valence-electron chi connectivity index (χ3n) is 4.18. The van der Waals surface area contributed by atoms with Gasteiger partial charge in [-0.1, -0.05) is 58.4 Å². The van der Waals surface area contributed by atoms with Crippen LogP contribution < -0.4 is 20.3 Å². The highest BCUT2D eigenvalue weighted by Crippen LogP contribution is 2.22. The zero-order valence-electron chi connectivity index (χ0n) is 16.4. The second-order valence-corrected chi connectivity index (χ2v) is 7.39. The van der Waals surface area contributed by atoms with Gasteiger partial charge in [-0.2, -0.15) is 0 Å². The number of hydrogen-bond donors (Lipinski definition) is 2. The molecule has 0 heterocycles. The van der Waals surface area contributed by atoms with Crippen LogP contribution in [0.3, 0.4) is 0 Å². The van der Waals surface area contributed by atoms with Crippen LogP contribution in [0.25, 0.3) is 0 Å². The number of ether oxygens (including phenoxy) is 2. The number of benzene rings is 3. The zero-order chi connectivity index (χ0) is 21.3. The second kappa shape index (κ2) is 10.5. The van der Waals surface area contributed by atoms with Gasteiger partial charge in [0, 0.05) is 4.47 Å². The van der Waals surface area contributed by atoms with E-state index < -0.39 is 11.8 Å². The largest absolute Gasteiger partial charge is 0.488 e. The monoisotopic (exact) mass is 468 g/mol. The van der Waals surface area contributed by atoms with Crippen LogP contribution in [0.4, 0.5) is 0 Å². The van der Waals surface area contributed by atoms with E-state index in [0.29, 0.717) is 23.7 Å². The average Bonchev–Trinajstić information content (AvgIpc) is 2.76. The highest BCUT2D eigenvalue weighted by molar-refractivity contribution is 9.10. The Bertz CT molecular complexity index is 1020. The molecule has 0 aliphatic rings. The molecule has 3 aromatic rings. The number of carbonyl (C=O) groups excluding carboxylic acids is 2. The number of carbonyl (C=O) groups is 2. The zero-order valence-corrected chi connectivity index (χ0v) is 17.9. The summed E-state index contributed by atoms with van der Waals surface area (Å²) < 4.78 is 12.2. The lowest BCUT2D eigenvalue weighted by molar-refractivity contribution is -0.123. The molecule has 0 unspecified atom stereocenters. The summed E-state index contributed by atoms with van der Waals surface area (Å²) in [5.74, 6) is 0.0642. The van der Waals surface area contributed by atoms with Gasteiger partial charge in [-0.25, -0.2) is 0 Å². The van der Waals surface area contributed by atoms with Crippen molar-refractivity contribution in [1.29, 1.82) is 0 Å². The summed E-state index contributed by atoms with van der Waals surface area (Å²) in [5.41, 5.74) is 6.95. The van der Waals surface area contributed by atoms with Crippen LogP contribution in [0.2, 0.25) is 0 Å². The highest BCUT2D eigenvalue weighted by Gasteiger charge is 2.13. The van der Waals surface area contributed by atoms with Gasteiger partial charge in [-0.15, -0.1) is 0 Å². The molecule has 154 valence electrons. The van der Waals surface area contributed by atoms with Gasteiger partial charge in [0.2, 0.25) is 0 Å². The predicted octanol–water partition coefficient (Wildman–Crippen LogP) is 4.18. The molecule has 6 nitrogen and oxygen atoms in total. The van der Waals surface area contributed by atoms with E-state index in [1.165, 1.54) is 0 Å². The smallest absolute Gasteiger partial charge is 0.276 e. The molecule has 0 saturated carbocycles. The van der Waals surface area contributed by atoms with Gasteiger partial charge in [0.05, 0.1) is 5.56 Å². The molecule has 2 N–H and O–H groups in total. The van der Waals surface area contributed by atoms with Crippen LogP contribution in [0.1, 0.15) is 21.5 Å². The Morgan fingerprint density at radius 2 is 1.60 bits per heavy atom. The van der Waals surface area contributed by atoms with E-state index in [4.69, 9.17) is 9.47 Å². The Kier molecular flexibility index (Phi) is 7.45. The molecule has 3 rings (SSSR count). The first kappa shape index (κ1) is 21.4. The summed E-state index contributed by atoms with van der Waals surface area (Å²) in [6, 6.07) is 22.0. The molecule has 0 spiro atoms. The molecular weight excluding hydrogens is 448 g/mol. The number of aryl methyl sites for hydroxylation is 1. The van der Waals surface area contributed by atoms with Crippen molar-refractivity contribution in [2.24, 2.45) is 0 Å². The van der Waals surface area contributed by atoms with E-state index in [1.54, 1.807) is 30.3 Å². The van der Waals surface area contributed by atoms with Crippen molar-refractivity contribution in [1.82, 2.24) is 10.9 Å². The number of rotatable bonds is 7. The molecule has 2 amide bonds. The normalized spacial score (nSPS) is 10.2. The summed E-state index contributed by atoms with van der Waals surface area (Å²) >= 11 is 3.38. The Labute approximate surface area is 183 Å². The number of nitrogens with one attached hydrogen (secondary N) is 2. The van der Waals surface area contributed by atoms with Gasteiger partial charge >= 0.3 is 0 Å². The second-order valence-electron chi connectivity index (χ2n) is 6.47. The van der Waals surface area contributed by atoms with Crippen molar-refractivity contribution in [2.45, 2.75) is 13.5 Å². The maximum Gasteiger partial charge on any atom is 0.276 e. The van der Waals surface area contributed by atoms with E-state index >= 15 is 0 Å². The first-order chi connectivity index (χ1) is 14.5. The molecular formula is C23H21BrN2O4. The molecule has 3 aromatic carbocycles. The predicted molar refractivity (Wildman–Crippen MR) is 117 cm³/mol. The fourth-order valence-corrected chi connectivity index (χ4v) is 3.14. The lowest BCUT2D eigenvalue weighted by Crippen LogP contribution is -2.44. The van der Waals surface area contributed by atoms with Gasteiger partial charge in [-0.3, -0.25) is 20.4 Å². The summed E-state index contributed by atoms with van der Waals surface area (Å²) in [7, 11) is 0. The minimum absolute atomic E-state index is 0.227. The number of hydrazine groups is 1. The van der Waals surface area contributed by atoms with Crippen LogP contribution in [-0.4, -0.2) is 18.4 Å². The van der Waals surface area contributed by atoms with Gasteiger partial charge in [0.25, 0.3) is 11.8 Å². The van der Waals surface area contributed by atoms with Crippen LogP contribution in [-0.2, 0) is 11.4 Å². The van der Waals surface area contributed by atoms with Crippen molar-refractivity contribution in [3.05, 3.63) is 94.0 Å². The first-order valence-corrected chi connectivity index (χ1v) is 10.1. The van der Waals surface area contributed by atoms with Crippen LogP contribution in [0.15, 0.2) is 77.3 Å². The molecule has 0 aromatic heterocycles. The minimum Gasteiger partial charge on any atom is -0.488 e. The van der Waals surface area contributed by atoms with E-state index in [0.717, 1.165) is 15.6 Å². The van der Waals surface area contributed by atoms with Crippen LogP contribution >= 0.6 is 15.9 Å². The summed E-state index contributed by atoms with van der Waals surface area (Å²) in [6.07, 6.45) is 0. The number of amides is 2. The fourth-order valence-electron chi connectivity index (χ4n) is 2.66. The molecule has 0 radical (unpaired) electrons. The molecule has 30 heavy (non-hydrogen) atoms. The summed E-state index contributed by atoms with van der Waals surface area (Å²) in [4.78, 5) is 24.5. The summed E-state index contributed by atoms with van der Waals surface area (Å²) in [5, 5.41) is 0. The molecule has 0 fully saturated rings. The lowest BCUT2D eigenvalue weighted by atomic mass is 10.2. The van der Waals surface area contributed by atoms with Gasteiger partial charge in [-0.05, 0) is 48.4 Å². The molecule has 0 saturated heterocycles. The van der Waals surface area contributed by atoms with Crippen molar-refractivity contribution in [3.8, 4) is 11.5 Å². The number of halogens is 1. The van der Waals surface area contributed by atoms with Gasteiger partial charge in [0.15, 0.2) is 6.61 Å². The van der Waals surface area contributed by atoms with Crippen molar-refractivity contribution in [3.63, 3.8) is 0 Å². The van der Waals surface area contributed by atoms with Crippen molar-refractivity contribution in [2.75, 3.05) is 6.61 Å².